The van der Waals surface area contributed by atoms with Gasteiger partial charge in [0.1, 0.15) is 5.82 Å². The zero-order chi connectivity index (χ0) is 12.4. The Balaban J connectivity index is 2.44. The molecule has 1 aromatic heterocycles. The molecular weight excluding hydrogens is 280 g/mol. The summed E-state index contributed by atoms with van der Waals surface area (Å²) in [6.07, 6.45) is 5.11. The molecule has 0 atom stereocenters. The van der Waals surface area contributed by atoms with Crippen molar-refractivity contribution in [1.82, 2.24) is 9.97 Å². The fourth-order valence-corrected chi connectivity index (χ4v) is 2.99. The highest BCUT2D eigenvalue weighted by molar-refractivity contribution is 9.10. The zero-order valence-electron chi connectivity index (χ0n) is 10.6. The largest absolute Gasteiger partial charge is 0.372 e. The number of hydrogen-bond donors (Lipinski definition) is 1. The van der Waals surface area contributed by atoms with Crippen LogP contribution in [0, 0.1) is 0 Å². The highest BCUT2D eigenvalue weighted by Gasteiger charge is 2.23. The Morgan fingerprint density at radius 3 is 2.41 bits per heavy atom. The Morgan fingerprint density at radius 2 is 1.88 bits per heavy atom. The van der Waals surface area contributed by atoms with Crippen LogP contribution in [0.5, 0.6) is 0 Å². The van der Waals surface area contributed by atoms with E-state index in [9.17, 15) is 0 Å². The lowest BCUT2D eigenvalue weighted by Gasteiger charge is -2.18. The summed E-state index contributed by atoms with van der Waals surface area (Å²) in [7, 11) is 5.84. The van der Waals surface area contributed by atoms with Gasteiger partial charge in [0.2, 0.25) is 5.95 Å². The van der Waals surface area contributed by atoms with E-state index < -0.39 is 0 Å². The Morgan fingerprint density at radius 1 is 1.24 bits per heavy atom. The third kappa shape index (κ3) is 2.54. The van der Waals surface area contributed by atoms with Crippen molar-refractivity contribution < 1.29 is 0 Å². The molecule has 0 amide bonds. The van der Waals surface area contributed by atoms with Crippen molar-refractivity contribution in [3.8, 4) is 0 Å². The smallest absolute Gasteiger partial charge is 0.227 e. The first-order chi connectivity index (χ1) is 8.13. The Kier molecular flexibility index (Phi) is 3.86. The summed E-state index contributed by atoms with van der Waals surface area (Å²) in [5.74, 6) is 2.24. The highest BCUT2D eigenvalue weighted by atomic mass is 79.9. The molecule has 1 saturated carbocycles. The topological polar surface area (TPSA) is 41.1 Å². The Hall–Kier alpha value is -0.840. The van der Waals surface area contributed by atoms with E-state index in [-0.39, 0.29) is 0 Å². The van der Waals surface area contributed by atoms with Crippen LogP contribution in [0.2, 0.25) is 0 Å². The number of hydrogen-bond acceptors (Lipinski definition) is 4. The van der Waals surface area contributed by atoms with E-state index in [1.165, 1.54) is 25.7 Å². The molecule has 0 unspecified atom stereocenters. The zero-order valence-corrected chi connectivity index (χ0v) is 12.2. The van der Waals surface area contributed by atoms with Crippen molar-refractivity contribution in [2.24, 2.45) is 0 Å². The SMILES string of the molecule is CNc1nc(N(C)C)nc(C2CCCC2)c1Br. The van der Waals surface area contributed by atoms with Crippen LogP contribution in [0.4, 0.5) is 11.8 Å². The van der Waals surface area contributed by atoms with Crippen molar-refractivity contribution in [2.45, 2.75) is 31.6 Å². The Bertz CT molecular complexity index is 400. The molecule has 17 heavy (non-hydrogen) atoms. The molecule has 0 saturated heterocycles. The number of nitrogens with one attached hydrogen (secondary N) is 1. The number of rotatable bonds is 3. The average molecular weight is 299 g/mol. The molecule has 1 aromatic rings. The minimum Gasteiger partial charge on any atom is -0.372 e. The van der Waals surface area contributed by atoms with Gasteiger partial charge in [-0.15, -0.1) is 0 Å². The van der Waals surface area contributed by atoms with Crippen molar-refractivity contribution in [1.29, 1.82) is 0 Å². The summed E-state index contributed by atoms with van der Waals surface area (Å²) in [4.78, 5) is 11.1. The number of halogens is 1. The molecule has 0 radical (unpaired) electrons. The average Bonchev–Trinajstić information content (AvgIpc) is 2.82. The summed E-state index contributed by atoms with van der Waals surface area (Å²) in [6, 6.07) is 0. The second-order valence-corrected chi connectivity index (χ2v) is 5.49. The molecule has 1 N–H and O–H groups in total. The van der Waals surface area contributed by atoms with Gasteiger partial charge in [0.15, 0.2) is 0 Å². The molecule has 1 aliphatic rings. The number of nitrogens with zero attached hydrogens (tertiary/aromatic N) is 3. The second-order valence-electron chi connectivity index (χ2n) is 4.70. The summed E-state index contributed by atoms with van der Waals surface area (Å²) >= 11 is 3.63. The molecule has 5 heteroatoms. The molecule has 94 valence electrons. The van der Waals surface area contributed by atoms with Crippen LogP contribution in [0.1, 0.15) is 37.3 Å². The number of anilines is 2. The third-order valence-electron chi connectivity index (χ3n) is 3.24. The van der Waals surface area contributed by atoms with Crippen LogP contribution in [0.3, 0.4) is 0 Å². The van der Waals surface area contributed by atoms with Crippen LogP contribution in [-0.4, -0.2) is 31.1 Å². The molecule has 1 aliphatic carbocycles. The van der Waals surface area contributed by atoms with Gasteiger partial charge in [-0.3, -0.25) is 0 Å². The van der Waals surface area contributed by atoms with Crippen molar-refractivity contribution in [3.63, 3.8) is 0 Å². The van der Waals surface area contributed by atoms with Gasteiger partial charge in [-0.25, -0.2) is 4.98 Å². The third-order valence-corrected chi connectivity index (χ3v) is 4.03. The van der Waals surface area contributed by atoms with Gasteiger partial charge in [-0.05, 0) is 28.8 Å². The van der Waals surface area contributed by atoms with Crippen molar-refractivity contribution >= 4 is 27.7 Å². The summed E-state index contributed by atoms with van der Waals surface area (Å²) in [5, 5.41) is 3.13. The fourth-order valence-electron chi connectivity index (χ4n) is 2.29. The van der Waals surface area contributed by atoms with Gasteiger partial charge in [0.25, 0.3) is 0 Å². The van der Waals surface area contributed by atoms with Gasteiger partial charge in [-0.2, -0.15) is 4.98 Å². The van der Waals surface area contributed by atoms with Crippen LogP contribution in [-0.2, 0) is 0 Å². The quantitative estimate of drug-likeness (QED) is 0.931. The van der Waals surface area contributed by atoms with Gasteiger partial charge in [0, 0.05) is 27.1 Å². The molecular formula is C12H19BrN4. The van der Waals surface area contributed by atoms with Crippen molar-refractivity contribution in [2.75, 3.05) is 31.4 Å². The maximum Gasteiger partial charge on any atom is 0.227 e. The van der Waals surface area contributed by atoms with E-state index in [0.29, 0.717) is 5.92 Å². The second kappa shape index (κ2) is 5.21. The molecule has 1 fully saturated rings. The minimum atomic E-state index is 0.582. The standard InChI is InChI=1S/C12H19BrN4/c1-14-11-9(13)10(8-6-4-5-7-8)15-12(16-11)17(2)3/h8H,4-7H2,1-3H3,(H,14,15,16). The van der Waals surface area contributed by atoms with Gasteiger partial charge in [-0.1, -0.05) is 12.8 Å². The molecule has 0 bridgehead atoms. The monoisotopic (exact) mass is 298 g/mol. The van der Waals surface area contributed by atoms with Gasteiger partial charge < -0.3 is 10.2 Å². The van der Waals surface area contributed by atoms with Crippen LogP contribution in [0.15, 0.2) is 4.47 Å². The molecule has 4 nitrogen and oxygen atoms in total. The fraction of sp³-hybridized carbons (Fsp3) is 0.667. The lowest BCUT2D eigenvalue weighted by Crippen LogP contribution is -2.16. The first kappa shape index (κ1) is 12.6. The lowest BCUT2D eigenvalue weighted by atomic mass is 10.0. The highest BCUT2D eigenvalue weighted by Crippen LogP contribution is 2.39. The maximum absolute atomic E-state index is 4.69. The predicted octanol–water partition coefficient (Wildman–Crippen LogP) is 3.00. The Labute approximate surface area is 111 Å². The molecule has 1 heterocycles. The van der Waals surface area contributed by atoms with E-state index in [1.807, 2.05) is 26.0 Å². The van der Waals surface area contributed by atoms with Gasteiger partial charge >= 0.3 is 0 Å². The van der Waals surface area contributed by atoms with E-state index in [0.717, 1.165) is 21.9 Å². The van der Waals surface area contributed by atoms with E-state index in [1.54, 1.807) is 0 Å². The van der Waals surface area contributed by atoms with E-state index in [2.05, 4.69) is 26.2 Å². The van der Waals surface area contributed by atoms with E-state index in [4.69, 9.17) is 4.98 Å². The lowest BCUT2D eigenvalue weighted by molar-refractivity contribution is 0.688. The molecule has 0 aromatic carbocycles. The predicted molar refractivity (Wildman–Crippen MR) is 74.8 cm³/mol. The van der Waals surface area contributed by atoms with Crippen molar-refractivity contribution in [3.05, 3.63) is 10.2 Å². The van der Waals surface area contributed by atoms with Crippen LogP contribution in [0.25, 0.3) is 0 Å². The van der Waals surface area contributed by atoms with E-state index >= 15 is 0 Å². The maximum atomic E-state index is 4.69. The summed E-state index contributed by atoms with van der Waals surface area (Å²) in [6.45, 7) is 0. The van der Waals surface area contributed by atoms with Crippen LogP contribution < -0.4 is 10.2 Å². The summed E-state index contributed by atoms with van der Waals surface area (Å²) < 4.78 is 1.03. The molecule has 0 aliphatic heterocycles. The molecule has 2 rings (SSSR count). The first-order valence-electron chi connectivity index (χ1n) is 6.06. The minimum absolute atomic E-state index is 0.582. The van der Waals surface area contributed by atoms with Crippen LogP contribution >= 0.6 is 15.9 Å². The normalized spacial score (nSPS) is 16.2. The first-order valence-corrected chi connectivity index (χ1v) is 6.85. The van der Waals surface area contributed by atoms with Gasteiger partial charge in [0.05, 0.1) is 10.2 Å². The number of aromatic nitrogens is 2. The molecule has 0 spiro atoms. The summed E-state index contributed by atoms with van der Waals surface area (Å²) in [5.41, 5.74) is 1.16.